The second-order valence-electron chi connectivity index (χ2n) is 6.09. The summed E-state index contributed by atoms with van der Waals surface area (Å²) in [6.07, 6.45) is 1.73. The van der Waals surface area contributed by atoms with Gasteiger partial charge in [0.2, 0.25) is 17.6 Å². The van der Waals surface area contributed by atoms with E-state index in [1.807, 2.05) is 50.5 Å². The molecule has 2 aromatic heterocycles. The number of carbonyl (C=O) groups is 1. The normalized spacial score (nSPS) is 10.8. The molecule has 0 spiro atoms. The van der Waals surface area contributed by atoms with Gasteiger partial charge < -0.3 is 9.42 Å². The molecule has 1 aromatic carbocycles. The van der Waals surface area contributed by atoms with Crippen molar-refractivity contribution in [3.8, 4) is 10.7 Å². The zero-order valence-electron chi connectivity index (χ0n) is 14.7. The maximum atomic E-state index is 12.5. The Morgan fingerprint density at radius 1 is 1.28 bits per heavy atom. The van der Waals surface area contributed by atoms with Gasteiger partial charge in [-0.1, -0.05) is 23.4 Å². The predicted molar refractivity (Wildman–Crippen MR) is 99.9 cm³/mol. The molecule has 0 atom stereocenters. The highest BCUT2D eigenvalue weighted by Crippen LogP contribution is 2.23. The van der Waals surface area contributed by atoms with Crippen LogP contribution in [0.3, 0.4) is 0 Å². The molecule has 0 bridgehead atoms. The minimum Gasteiger partial charge on any atom is -0.339 e. The highest BCUT2D eigenvalue weighted by Gasteiger charge is 2.14. The van der Waals surface area contributed by atoms with Crippen molar-refractivity contribution in [3.05, 3.63) is 52.7 Å². The molecule has 1 amide bonds. The predicted octanol–water partition coefficient (Wildman–Crippen LogP) is 4.40. The molecule has 0 aliphatic heterocycles. The third kappa shape index (κ3) is 4.14. The molecule has 0 unspecified atom stereocenters. The summed E-state index contributed by atoms with van der Waals surface area (Å²) in [4.78, 5) is 19.6. The van der Waals surface area contributed by atoms with Gasteiger partial charge in [-0.3, -0.25) is 4.79 Å². The smallest absolute Gasteiger partial charge is 0.226 e. The Morgan fingerprint density at radius 3 is 2.88 bits per heavy atom. The molecule has 0 saturated carbocycles. The Kier molecular flexibility index (Phi) is 5.28. The van der Waals surface area contributed by atoms with E-state index in [9.17, 15) is 4.79 Å². The van der Waals surface area contributed by atoms with E-state index in [1.165, 1.54) is 0 Å². The van der Waals surface area contributed by atoms with Gasteiger partial charge in [0.15, 0.2) is 0 Å². The van der Waals surface area contributed by atoms with Crippen molar-refractivity contribution in [1.82, 2.24) is 10.1 Å². The van der Waals surface area contributed by atoms with Crippen LogP contribution in [0.5, 0.6) is 0 Å². The molecule has 2 heterocycles. The fourth-order valence-electron chi connectivity index (χ4n) is 2.64. The molecule has 130 valence electrons. The summed E-state index contributed by atoms with van der Waals surface area (Å²) in [6.45, 7) is 4.05. The number of amides is 1. The number of rotatable bonds is 6. The zero-order chi connectivity index (χ0) is 17.8. The molecule has 0 fully saturated rings. The lowest BCUT2D eigenvalue weighted by Crippen LogP contribution is -2.26. The molecule has 0 aliphatic carbocycles. The van der Waals surface area contributed by atoms with Gasteiger partial charge in [0.25, 0.3) is 0 Å². The van der Waals surface area contributed by atoms with Crippen LogP contribution < -0.4 is 4.90 Å². The number of anilines is 1. The van der Waals surface area contributed by atoms with Gasteiger partial charge >= 0.3 is 0 Å². The number of benzene rings is 1. The first kappa shape index (κ1) is 17.4. The molecular formula is C19H21N3O2S. The van der Waals surface area contributed by atoms with Crippen molar-refractivity contribution >= 4 is 22.9 Å². The Bertz CT molecular complexity index is 855. The average molecular weight is 355 g/mol. The van der Waals surface area contributed by atoms with E-state index in [-0.39, 0.29) is 5.91 Å². The van der Waals surface area contributed by atoms with E-state index in [2.05, 4.69) is 16.2 Å². The first-order valence-electron chi connectivity index (χ1n) is 8.25. The van der Waals surface area contributed by atoms with Gasteiger partial charge in [0, 0.05) is 25.6 Å². The SMILES string of the molecule is Cc1ccc(C)c(N(C)C(=O)CCCc2nc(-c3cccs3)no2)c1. The number of nitrogens with zero attached hydrogens (tertiary/aromatic N) is 3. The van der Waals surface area contributed by atoms with Crippen LogP contribution in [-0.4, -0.2) is 23.1 Å². The molecule has 0 N–H and O–H groups in total. The quantitative estimate of drug-likeness (QED) is 0.657. The summed E-state index contributed by atoms with van der Waals surface area (Å²) < 4.78 is 5.27. The lowest BCUT2D eigenvalue weighted by molar-refractivity contribution is -0.118. The number of aryl methyl sites for hydroxylation is 3. The van der Waals surface area contributed by atoms with Crippen molar-refractivity contribution in [1.29, 1.82) is 0 Å². The second-order valence-corrected chi connectivity index (χ2v) is 7.03. The van der Waals surface area contributed by atoms with Crippen LogP contribution >= 0.6 is 11.3 Å². The average Bonchev–Trinajstić information content (AvgIpc) is 3.27. The Balaban J connectivity index is 1.55. The summed E-state index contributed by atoms with van der Waals surface area (Å²) >= 11 is 1.58. The van der Waals surface area contributed by atoms with Crippen molar-refractivity contribution in [3.63, 3.8) is 0 Å². The van der Waals surface area contributed by atoms with E-state index in [0.717, 1.165) is 21.7 Å². The van der Waals surface area contributed by atoms with Crippen LogP contribution in [-0.2, 0) is 11.2 Å². The lowest BCUT2D eigenvalue weighted by atomic mass is 10.1. The highest BCUT2D eigenvalue weighted by atomic mass is 32.1. The molecule has 0 radical (unpaired) electrons. The van der Waals surface area contributed by atoms with Crippen LogP contribution in [0.15, 0.2) is 40.2 Å². The minimum absolute atomic E-state index is 0.0895. The number of hydrogen-bond acceptors (Lipinski definition) is 5. The standard InChI is InChI=1S/C19H21N3O2S/c1-13-9-10-14(2)15(12-13)22(3)18(23)8-4-7-17-20-19(21-24-17)16-6-5-11-25-16/h5-6,9-12H,4,7-8H2,1-3H3. The van der Waals surface area contributed by atoms with Gasteiger partial charge in [-0.25, -0.2) is 0 Å². The first-order chi connectivity index (χ1) is 12.0. The van der Waals surface area contributed by atoms with Crippen molar-refractivity contribution in [2.24, 2.45) is 0 Å². The first-order valence-corrected chi connectivity index (χ1v) is 9.13. The van der Waals surface area contributed by atoms with E-state index < -0.39 is 0 Å². The number of thiophene rings is 1. The summed E-state index contributed by atoms with van der Waals surface area (Å²) in [7, 11) is 1.83. The Hall–Kier alpha value is -2.47. The van der Waals surface area contributed by atoms with E-state index >= 15 is 0 Å². The molecule has 5 nitrogen and oxygen atoms in total. The maximum absolute atomic E-state index is 12.5. The Morgan fingerprint density at radius 2 is 2.12 bits per heavy atom. The molecule has 3 aromatic rings. The van der Waals surface area contributed by atoms with Crippen LogP contribution in [0, 0.1) is 13.8 Å². The number of aromatic nitrogens is 2. The third-order valence-corrected chi connectivity index (χ3v) is 4.96. The van der Waals surface area contributed by atoms with E-state index in [1.54, 1.807) is 16.2 Å². The molecule has 0 aliphatic rings. The maximum Gasteiger partial charge on any atom is 0.226 e. The van der Waals surface area contributed by atoms with Gasteiger partial charge in [-0.2, -0.15) is 4.98 Å². The number of carbonyl (C=O) groups excluding carboxylic acids is 1. The molecule has 6 heteroatoms. The van der Waals surface area contributed by atoms with Gasteiger partial charge in [-0.15, -0.1) is 11.3 Å². The molecule has 0 saturated heterocycles. The molecular weight excluding hydrogens is 334 g/mol. The summed E-state index contributed by atoms with van der Waals surface area (Å²) in [5.41, 5.74) is 3.20. The minimum atomic E-state index is 0.0895. The highest BCUT2D eigenvalue weighted by molar-refractivity contribution is 7.13. The van der Waals surface area contributed by atoms with Crippen LogP contribution in [0.4, 0.5) is 5.69 Å². The summed E-state index contributed by atoms with van der Waals surface area (Å²) in [5.74, 6) is 1.28. The summed E-state index contributed by atoms with van der Waals surface area (Å²) in [5, 5.41) is 5.97. The molecule has 3 rings (SSSR count). The van der Waals surface area contributed by atoms with Crippen LogP contribution in [0.2, 0.25) is 0 Å². The second kappa shape index (κ2) is 7.61. The summed E-state index contributed by atoms with van der Waals surface area (Å²) in [6, 6.07) is 10.1. The lowest BCUT2D eigenvalue weighted by Gasteiger charge is -2.20. The molecule has 25 heavy (non-hydrogen) atoms. The number of hydrogen-bond donors (Lipinski definition) is 0. The van der Waals surface area contributed by atoms with Crippen molar-refractivity contribution in [2.45, 2.75) is 33.1 Å². The van der Waals surface area contributed by atoms with Gasteiger partial charge in [0.05, 0.1) is 4.88 Å². The third-order valence-electron chi connectivity index (χ3n) is 4.09. The Labute approximate surface area is 151 Å². The van der Waals surface area contributed by atoms with Crippen molar-refractivity contribution in [2.75, 3.05) is 11.9 Å². The van der Waals surface area contributed by atoms with E-state index in [0.29, 0.717) is 31.0 Å². The monoisotopic (exact) mass is 355 g/mol. The van der Waals surface area contributed by atoms with Crippen molar-refractivity contribution < 1.29 is 9.32 Å². The fourth-order valence-corrected chi connectivity index (χ4v) is 3.29. The largest absolute Gasteiger partial charge is 0.339 e. The topological polar surface area (TPSA) is 59.2 Å². The fraction of sp³-hybridized carbons (Fsp3) is 0.316. The zero-order valence-corrected chi connectivity index (χ0v) is 15.5. The van der Waals surface area contributed by atoms with Crippen LogP contribution in [0.1, 0.15) is 29.9 Å². The van der Waals surface area contributed by atoms with E-state index in [4.69, 9.17) is 4.52 Å². The van der Waals surface area contributed by atoms with Gasteiger partial charge in [0.1, 0.15) is 0 Å². The van der Waals surface area contributed by atoms with Gasteiger partial charge in [-0.05, 0) is 48.9 Å². The van der Waals surface area contributed by atoms with Crippen LogP contribution in [0.25, 0.3) is 10.7 Å².